The number of carbonyl (C=O) groups excluding carboxylic acids is 1. The Morgan fingerprint density at radius 1 is 1.30 bits per heavy atom. The number of nitrogens with one attached hydrogen (secondary N) is 1. The molecule has 0 aliphatic carbocycles. The average molecular weight is 478 g/mol. The van der Waals surface area contributed by atoms with Gasteiger partial charge in [0.05, 0.1) is 25.7 Å². The molecule has 3 rings (SSSR count). The molecule has 9 heteroatoms. The van der Waals surface area contributed by atoms with Crippen LogP contribution in [0.3, 0.4) is 0 Å². The van der Waals surface area contributed by atoms with Crippen LogP contribution in [0, 0.1) is 12.8 Å². The van der Waals surface area contributed by atoms with Gasteiger partial charge in [0, 0.05) is 29.5 Å². The van der Waals surface area contributed by atoms with Gasteiger partial charge < -0.3 is 24.1 Å². The summed E-state index contributed by atoms with van der Waals surface area (Å²) in [4.78, 5) is 19.2. The SMILES string of the molecule is COc1ccc(-c2nc(C[S@@](=O)CC(=O)NCCCN3CCC[C@H](C)C3)c(C)o2)cc1OC. The van der Waals surface area contributed by atoms with E-state index in [1.165, 1.54) is 12.8 Å². The largest absolute Gasteiger partial charge is 0.493 e. The van der Waals surface area contributed by atoms with Gasteiger partial charge in [-0.2, -0.15) is 0 Å². The molecule has 1 aliphatic rings. The molecule has 2 atom stereocenters. The third-order valence-corrected chi connectivity index (χ3v) is 7.01. The van der Waals surface area contributed by atoms with Crippen molar-refractivity contribution >= 4 is 16.7 Å². The number of ether oxygens (including phenoxy) is 2. The van der Waals surface area contributed by atoms with Gasteiger partial charge in [-0.1, -0.05) is 6.92 Å². The van der Waals surface area contributed by atoms with Crippen LogP contribution in [0.1, 0.15) is 37.6 Å². The Morgan fingerprint density at radius 3 is 2.82 bits per heavy atom. The minimum Gasteiger partial charge on any atom is -0.493 e. The lowest BCUT2D eigenvalue weighted by Gasteiger charge is -2.30. The number of benzene rings is 1. The van der Waals surface area contributed by atoms with Crippen LogP contribution in [0.5, 0.6) is 11.5 Å². The third kappa shape index (κ3) is 7.30. The first-order chi connectivity index (χ1) is 15.9. The van der Waals surface area contributed by atoms with E-state index in [1.54, 1.807) is 33.3 Å². The molecule has 1 amide bonds. The molecule has 2 heterocycles. The highest BCUT2D eigenvalue weighted by Crippen LogP contribution is 2.32. The van der Waals surface area contributed by atoms with Gasteiger partial charge >= 0.3 is 0 Å². The fourth-order valence-corrected chi connectivity index (χ4v) is 5.15. The Kier molecular flexibility index (Phi) is 9.31. The molecule has 0 spiro atoms. The van der Waals surface area contributed by atoms with Crippen molar-refractivity contribution < 1.29 is 22.9 Å². The van der Waals surface area contributed by atoms with Crippen LogP contribution < -0.4 is 14.8 Å². The van der Waals surface area contributed by atoms with Crippen LogP contribution >= 0.6 is 0 Å². The van der Waals surface area contributed by atoms with Crippen LogP contribution in [0.4, 0.5) is 0 Å². The van der Waals surface area contributed by atoms with E-state index in [9.17, 15) is 9.00 Å². The number of aromatic nitrogens is 1. The number of carbonyl (C=O) groups is 1. The number of amides is 1. The molecular weight excluding hydrogens is 442 g/mol. The number of methoxy groups -OCH3 is 2. The molecule has 1 aliphatic heterocycles. The maximum absolute atomic E-state index is 12.5. The number of hydrogen-bond donors (Lipinski definition) is 1. The summed E-state index contributed by atoms with van der Waals surface area (Å²) in [6.45, 7) is 7.95. The second kappa shape index (κ2) is 12.2. The maximum atomic E-state index is 12.5. The summed E-state index contributed by atoms with van der Waals surface area (Å²) >= 11 is 0. The fraction of sp³-hybridized carbons (Fsp3) is 0.583. The number of oxazole rings is 1. The smallest absolute Gasteiger partial charge is 0.232 e. The number of likely N-dealkylation sites (tertiary alicyclic amines) is 1. The summed E-state index contributed by atoms with van der Waals surface area (Å²) in [5.41, 5.74) is 1.32. The monoisotopic (exact) mass is 477 g/mol. The first-order valence-corrected chi connectivity index (χ1v) is 12.9. The Labute approximate surface area is 198 Å². The Balaban J connectivity index is 1.46. The van der Waals surface area contributed by atoms with Crippen molar-refractivity contribution in [3.63, 3.8) is 0 Å². The summed E-state index contributed by atoms with van der Waals surface area (Å²) in [7, 11) is 1.77. The quantitative estimate of drug-likeness (QED) is 0.497. The number of rotatable bonds is 11. The van der Waals surface area contributed by atoms with Crippen LogP contribution in [-0.4, -0.2) is 66.2 Å². The van der Waals surface area contributed by atoms with Gasteiger partial charge in [-0.15, -0.1) is 0 Å². The second-order valence-electron chi connectivity index (χ2n) is 8.57. The van der Waals surface area contributed by atoms with E-state index in [-0.39, 0.29) is 17.4 Å². The van der Waals surface area contributed by atoms with Gasteiger partial charge in [0.25, 0.3) is 0 Å². The van der Waals surface area contributed by atoms with Gasteiger partial charge in [-0.3, -0.25) is 9.00 Å². The van der Waals surface area contributed by atoms with Crippen LogP contribution in [0.2, 0.25) is 0 Å². The van der Waals surface area contributed by atoms with Gasteiger partial charge in [0.15, 0.2) is 11.5 Å². The van der Waals surface area contributed by atoms with Crippen molar-refractivity contribution in [2.45, 2.75) is 38.9 Å². The minimum absolute atomic E-state index is 0.0429. The summed E-state index contributed by atoms with van der Waals surface area (Å²) < 4.78 is 28.9. The van der Waals surface area contributed by atoms with E-state index in [2.05, 4.69) is 22.1 Å². The Bertz CT molecular complexity index is 962. The highest BCUT2D eigenvalue weighted by Gasteiger charge is 2.18. The molecular formula is C24H35N3O5S. The molecule has 0 bridgehead atoms. The Morgan fingerprint density at radius 2 is 2.09 bits per heavy atom. The lowest BCUT2D eigenvalue weighted by molar-refractivity contribution is -0.118. The Hall–Kier alpha value is -2.39. The number of aryl methyl sites for hydroxylation is 1. The van der Waals surface area contributed by atoms with Gasteiger partial charge in [-0.05, 0) is 63.4 Å². The van der Waals surface area contributed by atoms with E-state index in [1.807, 2.05) is 6.07 Å². The molecule has 1 N–H and O–H groups in total. The summed E-state index contributed by atoms with van der Waals surface area (Å²) in [6.07, 6.45) is 3.46. The van der Waals surface area contributed by atoms with Gasteiger partial charge in [0.1, 0.15) is 11.5 Å². The van der Waals surface area contributed by atoms with E-state index < -0.39 is 10.8 Å². The average Bonchev–Trinajstić information content (AvgIpc) is 3.16. The lowest BCUT2D eigenvalue weighted by atomic mass is 10.0. The van der Waals surface area contributed by atoms with Crippen molar-refractivity contribution in [2.75, 3.05) is 46.2 Å². The first kappa shape index (κ1) is 25.2. The molecule has 1 aromatic carbocycles. The van der Waals surface area contributed by atoms with E-state index in [0.717, 1.165) is 37.5 Å². The third-order valence-electron chi connectivity index (χ3n) is 5.83. The standard InChI is InChI=1S/C24H35N3O5S/c1-17-7-5-11-27(14-17)12-6-10-25-23(28)16-33(29)15-20-18(2)32-24(26-20)19-8-9-21(30-3)22(13-19)31-4/h8-9,13,17H,5-7,10-12,14-16H2,1-4H3,(H,25,28)/t17-,33+/m0/s1. The number of nitrogens with zero attached hydrogens (tertiary/aromatic N) is 2. The predicted molar refractivity (Wildman–Crippen MR) is 129 cm³/mol. The second-order valence-corrected chi connectivity index (χ2v) is 10.0. The lowest BCUT2D eigenvalue weighted by Crippen LogP contribution is -2.37. The summed E-state index contributed by atoms with van der Waals surface area (Å²) in [5.74, 6) is 2.87. The molecule has 0 saturated carbocycles. The zero-order chi connectivity index (χ0) is 23.8. The first-order valence-electron chi connectivity index (χ1n) is 11.4. The minimum atomic E-state index is -1.37. The molecule has 2 aromatic rings. The van der Waals surface area contributed by atoms with Crippen molar-refractivity contribution in [2.24, 2.45) is 5.92 Å². The highest BCUT2D eigenvalue weighted by molar-refractivity contribution is 7.84. The van der Waals surface area contributed by atoms with E-state index in [4.69, 9.17) is 13.9 Å². The maximum Gasteiger partial charge on any atom is 0.232 e. The van der Waals surface area contributed by atoms with Crippen LogP contribution in [0.25, 0.3) is 11.5 Å². The summed E-state index contributed by atoms with van der Waals surface area (Å²) in [6, 6.07) is 5.38. The molecule has 1 saturated heterocycles. The normalized spacial score (nSPS) is 17.5. The van der Waals surface area contributed by atoms with Crippen LogP contribution in [0.15, 0.2) is 22.6 Å². The van der Waals surface area contributed by atoms with Crippen molar-refractivity contribution in [3.05, 3.63) is 29.7 Å². The van der Waals surface area contributed by atoms with Crippen molar-refractivity contribution in [1.82, 2.24) is 15.2 Å². The fourth-order valence-electron chi connectivity index (χ4n) is 4.08. The van der Waals surface area contributed by atoms with Crippen molar-refractivity contribution in [3.8, 4) is 23.0 Å². The zero-order valence-electron chi connectivity index (χ0n) is 20.0. The van der Waals surface area contributed by atoms with E-state index in [0.29, 0.717) is 35.4 Å². The molecule has 8 nitrogen and oxygen atoms in total. The predicted octanol–water partition coefficient (Wildman–Crippen LogP) is 3.15. The molecule has 1 fully saturated rings. The number of piperidine rings is 1. The van der Waals surface area contributed by atoms with E-state index >= 15 is 0 Å². The molecule has 1 aromatic heterocycles. The number of hydrogen-bond acceptors (Lipinski definition) is 7. The summed E-state index contributed by atoms with van der Waals surface area (Å²) in [5, 5.41) is 2.89. The molecule has 0 unspecified atom stereocenters. The molecule has 0 radical (unpaired) electrons. The van der Waals surface area contributed by atoms with Gasteiger partial charge in [0.2, 0.25) is 11.8 Å². The molecule has 182 valence electrons. The topological polar surface area (TPSA) is 93.9 Å². The van der Waals surface area contributed by atoms with Crippen molar-refractivity contribution in [1.29, 1.82) is 0 Å². The van der Waals surface area contributed by atoms with Gasteiger partial charge in [-0.25, -0.2) is 4.98 Å². The molecule has 33 heavy (non-hydrogen) atoms. The zero-order valence-corrected chi connectivity index (χ0v) is 20.8. The van der Waals surface area contributed by atoms with Crippen LogP contribution in [-0.2, 0) is 21.3 Å². The highest BCUT2D eigenvalue weighted by atomic mass is 32.2.